The minimum absolute atomic E-state index is 0.101. The molecular weight excluding hydrogens is 228 g/mol. The molecule has 98 valence electrons. The fourth-order valence-corrected chi connectivity index (χ4v) is 2.09. The maximum Gasteiger partial charge on any atom is 0.244 e. The molecule has 5 nitrogen and oxygen atoms in total. The molecule has 18 heavy (non-hydrogen) atoms. The van der Waals surface area contributed by atoms with Gasteiger partial charge in [-0.2, -0.15) is 5.10 Å². The van der Waals surface area contributed by atoms with Crippen LogP contribution in [0.2, 0.25) is 0 Å². The number of carbonyl (C=O) groups is 1. The lowest BCUT2D eigenvalue weighted by Gasteiger charge is -2.25. The average molecular weight is 248 g/mol. The SMILES string of the molecule is CC1=CCN(C(=O)Cn2nc(C)c(N)c2C)CC1. The first-order valence-electron chi connectivity index (χ1n) is 6.22. The number of nitrogens with zero attached hydrogens (tertiary/aromatic N) is 3. The molecule has 0 fully saturated rings. The molecule has 5 heteroatoms. The molecule has 0 aliphatic carbocycles. The van der Waals surface area contributed by atoms with Gasteiger partial charge in [-0.05, 0) is 27.2 Å². The summed E-state index contributed by atoms with van der Waals surface area (Å²) >= 11 is 0. The number of aromatic nitrogens is 2. The van der Waals surface area contributed by atoms with Crippen LogP contribution in [0.3, 0.4) is 0 Å². The number of amides is 1. The van der Waals surface area contributed by atoms with E-state index in [-0.39, 0.29) is 12.5 Å². The van der Waals surface area contributed by atoms with Crippen molar-refractivity contribution < 1.29 is 4.79 Å². The second kappa shape index (κ2) is 4.84. The zero-order chi connectivity index (χ0) is 13.3. The summed E-state index contributed by atoms with van der Waals surface area (Å²) in [6.45, 7) is 7.63. The van der Waals surface area contributed by atoms with E-state index in [0.717, 1.165) is 24.4 Å². The van der Waals surface area contributed by atoms with Crippen molar-refractivity contribution in [3.8, 4) is 0 Å². The molecule has 2 heterocycles. The molecule has 0 unspecified atom stereocenters. The summed E-state index contributed by atoms with van der Waals surface area (Å²) in [5.74, 6) is 0.101. The van der Waals surface area contributed by atoms with Crippen molar-refractivity contribution in [3.63, 3.8) is 0 Å². The second-order valence-electron chi connectivity index (χ2n) is 4.88. The summed E-state index contributed by atoms with van der Waals surface area (Å²) < 4.78 is 1.69. The minimum Gasteiger partial charge on any atom is -0.396 e. The van der Waals surface area contributed by atoms with Gasteiger partial charge in [-0.3, -0.25) is 9.48 Å². The van der Waals surface area contributed by atoms with E-state index in [1.807, 2.05) is 18.7 Å². The maximum atomic E-state index is 12.1. The molecule has 0 bridgehead atoms. The van der Waals surface area contributed by atoms with E-state index in [0.29, 0.717) is 12.2 Å². The summed E-state index contributed by atoms with van der Waals surface area (Å²) in [7, 11) is 0. The third kappa shape index (κ3) is 2.39. The average Bonchev–Trinajstić information content (AvgIpc) is 2.58. The van der Waals surface area contributed by atoms with Gasteiger partial charge in [-0.25, -0.2) is 0 Å². The molecule has 0 spiro atoms. The predicted molar refractivity (Wildman–Crippen MR) is 71.1 cm³/mol. The Balaban J connectivity index is 2.05. The minimum atomic E-state index is 0.101. The Hall–Kier alpha value is -1.78. The highest BCUT2D eigenvalue weighted by atomic mass is 16.2. The number of hydrogen-bond acceptors (Lipinski definition) is 3. The summed E-state index contributed by atoms with van der Waals surface area (Å²) in [5, 5.41) is 4.29. The van der Waals surface area contributed by atoms with Crippen LogP contribution >= 0.6 is 0 Å². The number of hydrogen-bond donors (Lipinski definition) is 1. The third-order valence-corrected chi connectivity index (χ3v) is 3.51. The molecule has 2 N–H and O–H groups in total. The lowest BCUT2D eigenvalue weighted by molar-refractivity contribution is -0.131. The molecule has 1 aliphatic heterocycles. The van der Waals surface area contributed by atoms with Gasteiger partial charge in [0, 0.05) is 13.1 Å². The van der Waals surface area contributed by atoms with Gasteiger partial charge in [0.05, 0.1) is 17.1 Å². The third-order valence-electron chi connectivity index (χ3n) is 3.51. The number of nitrogen functional groups attached to an aromatic ring is 1. The van der Waals surface area contributed by atoms with Gasteiger partial charge in [0.1, 0.15) is 6.54 Å². The van der Waals surface area contributed by atoms with Crippen molar-refractivity contribution in [2.24, 2.45) is 0 Å². The van der Waals surface area contributed by atoms with Gasteiger partial charge in [0.2, 0.25) is 5.91 Å². The first-order valence-corrected chi connectivity index (χ1v) is 6.22. The zero-order valence-electron chi connectivity index (χ0n) is 11.2. The highest BCUT2D eigenvalue weighted by molar-refractivity contribution is 5.76. The van der Waals surface area contributed by atoms with Crippen LogP contribution in [-0.4, -0.2) is 33.7 Å². The molecule has 2 rings (SSSR count). The van der Waals surface area contributed by atoms with Crippen LogP contribution in [0.5, 0.6) is 0 Å². The van der Waals surface area contributed by atoms with E-state index in [9.17, 15) is 4.79 Å². The molecule has 0 atom stereocenters. The molecular formula is C13H20N4O. The van der Waals surface area contributed by atoms with Gasteiger partial charge in [-0.15, -0.1) is 0 Å². The molecule has 0 aromatic carbocycles. The van der Waals surface area contributed by atoms with E-state index in [1.165, 1.54) is 5.57 Å². The van der Waals surface area contributed by atoms with Crippen LogP contribution in [0.1, 0.15) is 24.7 Å². The summed E-state index contributed by atoms with van der Waals surface area (Å²) in [6, 6.07) is 0. The Kier molecular flexibility index (Phi) is 3.41. The Labute approximate surface area is 107 Å². The first kappa shape index (κ1) is 12.7. The first-order chi connectivity index (χ1) is 8.49. The monoisotopic (exact) mass is 248 g/mol. The topological polar surface area (TPSA) is 64.2 Å². The molecule has 0 saturated heterocycles. The van der Waals surface area contributed by atoms with E-state index in [2.05, 4.69) is 18.1 Å². The predicted octanol–water partition coefficient (Wildman–Crippen LogP) is 1.26. The Morgan fingerprint density at radius 1 is 1.44 bits per heavy atom. The Bertz CT molecular complexity index is 501. The number of aryl methyl sites for hydroxylation is 1. The van der Waals surface area contributed by atoms with Gasteiger partial charge in [0.15, 0.2) is 0 Å². The highest BCUT2D eigenvalue weighted by Crippen LogP contribution is 2.15. The molecule has 1 aliphatic rings. The lowest BCUT2D eigenvalue weighted by Crippen LogP contribution is -2.37. The number of anilines is 1. The maximum absolute atomic E-state index is 12.1. The fourth-order valence-electron chi connectivity index (χ4n) is 2.09. The van der Waals surface area contributed by atoms with Gasteiger partial charge < -0.3 is 10.6 Å². The van der Waals surface area contributed by atoms with Crippen molar-refractivity contribution in [3.05, 3.63) is 23.0 Å². The molecule has 1 aromatic heterocycles. The van der Waals surface area contributed by atoms with Crippen molar-refractivity contribution in [1.29, 1.82) is 0 Å². The summed E-state index contributed by atoms with van der Waals surface area (Å²) in [5.41, 5.74) is 9.54. The Morgan fingerprint density at radius 2 is 2.17 bits per heavy atom. The van der Waals surface area contributed by atoms with Crippen LogP contribution < -0.4 is 5.73 Å². The van der Waals surface area contributed by atoms with Crippen molar-refractivity contribution in [2.75, 3.05) is 18.8 Å². The van der Waals surface area contributed by atoms with Crippen molar-refractivity contribution in [2.45, 2.75) is 33.7 Å². The van der Waals surface area contributed by atoms with Crippen LogP contribution in [0, 0.1) is 13.8 Å². The summed E-state index contributed by atoms with van der Waals surface area (Å²) in [4.78, 5) is 14.0. The largest absolute Gasteiger partial charge is 0.396 e. The molecule has 1 aromatic rings. The fraction of sp³-hybridized carbons (Fsp3) is 0.538. The molecule has 0 radical (unpaired) electrons. The normalized spacial score (nSPS) is 15.7. The van der Waals surface area contributed by atoms with E-state index >= 15 is 0 Å². The highest BCUT2D eigenvalue weighted by Gasteiger charge is 2.18. The van der Waals surface area contributed by atoms with Crippen LogP contribution in [0.25, 0.3) is 0 Å². The van der Waals surface area contributed by atoms with Crippen molar-refractivity contribution in [1.82, 2.24) is 14.7 Å². The second-order valence-corrected chi connectivity index (χ2v) is 4.88. The van der Waals surface area contributed by atoms with Gasteiger partial charge >= 0.3 is 0 Å². The van der Waals surface area contributed by atoms with Crippen LogP contribution in [0.4, 0.5) is 5.69 Å². The van der Waals surface area contributed by atoms with E-state index in [1.54, 1.807) is 4.68 Å². The van der Waals surface area contributed by atoms with E-state index in [4.69, 9.17) is 5.73 Å². The quantitative estimate of drug-likeness (QED) is 0.801. The zero-order valence-corrected chi connectivity index (χ0v) is 11.2. The van der Waals surface area contributed by atoms with Gasteiger partial charge in [0.25, 0.3) is 0 Å². The molecule has 1 amide bonds. The Morgan fingerprint density at radius 3 is 2.67 bits per heavy atom. The van der Waals surface area contributed by atoms with Crippen LogP contribution in [0.15, 0.2) is 11.6 Å². The smallest absolute Gasteiger partial charge is 0.244 e. The van der Waals surface area contributed by atoms with Crippen molar-refractivity contribution >= 4 is 11.6 Å². The van der Waals surface area contributed by atoms with E-state index < -0.39 is 0 Å². The number of rotatable bonds is 2. The van der Waals surface area contributed by atoms with Crippen LogP contribution in [-0.2, 0) is 11.3 Å². The molecule has 0 saturated carbocycles. The standard InChI is InChI=1S/C13H20N4O/c1-9-4-6-16(7-5-9)12(18)8-17-11(3)13(14)10(2)15-17/h4H,5-8,14H2,1-3H3. The van der Waals surface area contributed by atoms with Gasteiger partial charge in [-0.1, -0.05) is 11.6 Å². The number of nitrogens with two attached hydrogens (primary N) is 1. The lowest BCUT2D eigenvalue weighted by atomic mass is 10.1. The number of carbonyl (C=O) groups excluding carboxylic acids is 1. The summed E-state index contributed by atoms with van der Waals surface area (Å²) in [6.07, 6.45) is 3.07.